The van der Waals surface area contributed by atoms with E-state index in [-0.39, 0.29) is 0 Å². The van der Waals surface area contributed by atoms with Crippen molar-refractivity contribution < 1.29 is 0 Å². The zero-order valence-electron chi connectivity index (χ0n) is 14.2. The molecule has 0 bridgehead atoms. The summed E-state index contributed by atoms with van der Waals surface area (Å²) in [6.45, 7) is 11.4. The van der Waals surface area contributed by atoms with Gasteiger partial charge in [-0.25, -0.2) is 0 Å². The van der Waals surface area contributed by atoms with Crippen LogP contribution in [0.4, 0.5) is 0 Å². The van der Waals surface area contributed by atoms with Crippen molar-refractivity contribution in [2.45, 2.75) is 91.4 Å². The topological polar surface area (TPSA) is 0 Å². The van der Waals surface area contributed by atoms with Crippen molar-refractivity contribution in [2.24, 2.45) is 23.2 Å². The Hall–Kier alpha value is -0.260. The van der Waals surface area contributed by atoms with E-state index in [9.17, 15) is 0 Å². The molecule has 20 heavy (non-hydrogen) atoms. The molecule has 0 N–H and O–H groups in total. The molecule has 1 spiro atoms. The van der Waals surface area contributed by atoms with E-state index in [4.69, 9.17) is 0 Å². The van der Waals surface area contributed by atoms with Crippen LogP contribution in [0.5, 0.6) is 0 Å². The maximum atomic E-state index is 4.29. The van der Waals surface area contributed by atoms with Crippen molar-refractivity contribution in [2.75, 3.05) is 0 Å². The van der Waals surface area contributed by atoms with E-state index < -0.39 is 0 Å². The van der Waals surface area contributed by atoms with E-state index in [1.165, 1.54) is 56.9 Å². The van der Waals surface area contributed by atoms with Gasteiger partial charge in [0.05, 0.1) is 0 Å². The number of rotatable bonds is 8. The fraction of sp³-hybridized carbons (Fsp3) is 0.900. The van der Waals surface area contributed by atoms with Crippen LogP contribution in [0.3, 0.4) is 0 Å². The van der Waals surface area contributed by atoms with E-state index in [1.807, 2.05) is 0 Å². The SMILES string of the molecule is C=C(CCC)CC(CC)CC1CC2(CCCC2)C1CC. The lowest BCUT2D eigenvalue weighted by molar-refractivity contribution is -0.0525. The van der Waals surface area contributed by atoms with Gasteiger partial charge in [0.1, 0.15) is 0 Å². The second-order valence-electron chi connectivity index (χ2n) is 7.76. The van der Waals surface area contributed by atoms with Crippen LogP contribution in [0.15, 0.2) is 12.2 Å². The van der Waals surface area contributed by atoms with Gasteiger partial charge in [-0.2, -0.15) is 0 Å². The van der Waals surface area contributed by atoms with Gasteiger partial charge in [0.2, 0.25) is 0 Å². The predicted molar refractivity (Wildman–Crippen MR) is 89.9 cm³/mol. The largest absolute Gasteiger partial charge is 0.0999 e. The molecule has 0 aromatic rings. The summed E-state index contributed by atoms with van der Waals surface area (Å²) in [5.41, 5.74) is 2.31. The van der Waals surface area contributed by atoms with Crippen LogP contribution in [-0.4, -0.2) is 0 Å². The third-order valence-electron chi connectivity index (χ3n) is 6.46. The van der Waals surface area contributed by atoms with Crippen LogP contribution >= 0.6 is 0 Å². The number of allylic oxidation sites excluding steroid dienone is 1. The van der Waals surface area contributed by atoms with E-state index in [1.54, 1.807) is 19.3 Å². The van der Waals surface area contributed by atoms with Gasteiger partial charge in [-0.05, 0) is 61.7 Å². The highest BCUT2D eigenvalue weighted by atomic mass is 14.6. The van der Waals surface area contributed by atoms with Crippen LogP contribution in [-0.2, 0) is 0 Å². The van der Waals surface area contributed by atoms with Gasteiger partial charge < -0.3 is 0 Å². The molecule has 0 saturated heterocycles. The van der Waals surface area contributed by atoms with Crippen LogP contribution < -0.4 is 0 Å². The van der Waals surface area contributed by atoms with E-state index in [0.29, 0.717) is 0 Å². The molecule has 2 aliphatic rings. The minimum absolute atomic E-state index is 0.804. The molecule has 2 aliphatic carbocycles. The second kappa shape index (κ2) is 7.14. The summed E-state index contributed by atoms with van der Waals surface area (Å²) in [6.07, 6.45) is 15.7. The molecule has 3 unspecified atom stereocenters. The predicted octanol–water partition coefficient (Wildman–Crippen LogP) is 6.76. The molecule has 0 aliphatic heterocycles. The Kier molecular flexibility index (Phi) is 5.75. The molecule has 3 atom stereocenters. The molecule has 116 valence electrons. The van der Waals surface area contributed by atoms with Gasteiger partial charge >= 0.3 is 0 Å². The number of hydrogen-bond acceptors (Lipinski definition) is 0. The summed E-state index contributed by atoms with van der Waals surface area (Å²) in [5, 5.41) is 0. The smallest absolute Gasteiger partial charge is 0.0264 e. The monoisotopic (exact) mass is 276 g/mol. The van der Waals surface area contributed by atoms with Crippen LogP contribution in [0, 0.1) is 23.2 Å². The molecule has 0 aromatic carbocycles. The summed E-state index contributed by atoms with van der Waals surface area (Å²) in [5.74, 6) is 3.00. The Balaban J connectivity index is 1.84. The van der Waals surface area contributed by atoms with Gasteiger partial charge in [0.15, 0.2) is 0 Å². The van der Waals surface area contributed by atoms with E-state index in [2.05, 4.69) is 27.4 Å². The van der Waals surface area contributed by atoms with Crippen LogP contribution in [0.25, 0.3) is 0 Å². The van der Waals surface area contributed by atoms with Gasteiger partial charge in [-0.3, -0.25) is 0 Å². The highest BCUT2D eigenvalue weighted by Gasteiger charge is 2.53. The van der Waals surface area contributed by atoms with Crippen LogP contribution in [0.2, 0.25) is 0 Å². The Bertz CT molecular complexity index is 308. The van der Waals surface area contributed by atoms with E-state index >= 15 is 0 Å². The van der Waals surface area contributed by atoms with Gasteiger partial charge in [-0.1, -0.05) is 65.0 Å². The maximum Gasteiger partial charge on any atom is -0.0264 e. The highest BCUT2D eigenvalue weighted by Crippen LogP contribution is 2.63. The fourth-order valence-electron chi connectivity index (χ4n) is 5.51. The molecular formula is C20H36. The molecule has 2 rings (SSSR count). The molecule has 0 amide bonds. The first-order chi connectivity index (χ1) is 9.65. The first kappa shape index (κ1) is 16.1. The molecule has 0 nitrogen and oxygen atoms in total. The fourth-order valence-corrected chi connectivity index (χ4v) is 5.51. The Morgan fingerprint density at radius 2 is 1.90 bits per heavy atom. The summed E-state index contributed by atoms with van der Waals surface area (Å²) < 4.78 is 0. The average molecular weight is 277 g/mol. The Labute approximate surface area is 127 Å². The lowest BCUT2D eigenvalue weighted by atomic mass is 9.50. The van der Waals surface area contributed by atoms with Crippen molar-refractivity contribution in [3.8, 4) is 0 Å². The summed E-state index contributed by atoms with van der Waals surface area (Å²) in [7, 11) is 0. The summed E-state index contributed by atoms with van der Waals surface area (Å²) >= 11 is 0. The highest BCUT2D eigenvalue weighted by molar-refractivity contribution is 5.04. The van der Waals surface area contributed by atoms with Gasteiger partial charge in [0.25, 0.3) is 0 Å². The Morgan fingerprint density at radius 1 is 1.20 bits per heavy atom. The number of hydrogen-bond donors (Lipinski definition) is 0. The van der Waals surface area contributed by atoms with E-state index in [0.717, 1.165) is 23.2 Å². The van der Waals surface area contributed by atoms with Gasteiger partial charge in [0, 0.05) is 0 Å². The molecule has 2 saturated carbocycles. The lowest BCUT2D eigenvalue weighted by Crippen LogP contribution is -2.46. The van der Waals surface area contributed by atoms with Crippen molar-refractivity contribution in [3.63, 3.8) is 0 Å². The Morgan fingerprint density at radius 3 is 2.45 bits per heavy atom. The first-order valence-electron chi connectivity index (χ1n) is 9.31. The van der Waals surface area contributed by atoms with Crippen molar-refractivity contribution >= 4 is 0 Å². The van der Waals surface area contributed by atoms with Crippen LogP contribution in [0.1, 0.15) is 91.4 Å². The third-order valence-corrected chi connectivity index (χ3v) is 6.46. The van der Waals surface area contributed by atoms with Crippen molar-refractivity contribution in [1.82, 2.24) is 0 Å². The zero-order chi connectivity index (χ0) is 14.6. The second-order valence-corrected chi connectivity index (χ2v) is 7.76. The molecule has 2 fully saturated rings. The normalized spacial score (nSPS) is 29.4. The van der Waals surface area contributed by atoms with Crippen molar-refractivity contribution in [1.29, 1.82) is 0 Å². The molecule has 0 radical (unpaired) electrons. The quantitative estimate of drug-likeness (QED) is 0.430. The minimum atomic E-state index is 0.804. The standard InChI is InChI=1S/C20H36/c1-5-10-16(4)13-17(6-2)14-18-15-20(19(18)7-3)11-8-9-12-20/h17-19H,4-15H2,1-3H3. The minimum Gasteiger partial charge on any atom is -0.0999 e. The lowest BCUT2D eigenvalue weighted by Gasteiger charge is -2.55. The summed E-state index contributed by atoms with van der Waals surface area (Å²) in [6, 6.07) is 0. The molecule has 0 aromatic heterocycles. The zero-order valence-corrected chi connectivity index (χ0v) is 14.2. The third kappa shape index (κ3) is 3.31. The van der Waals surface area contributed by atoms with Gasteiger partial charge in [-0.15, -0.1) is 0 Å². The molecular weight excluding hydrogens is 240 g/mol. The van der Waals surface area contributed by atoms with Crippen molar-refractivity contribution in [3.05, 3.63) is 12.2 Å². The summed E-state index contributed by atoms with van der Waals surface area (Å²) in [4.78, 5) is 0. The maximum absolute atomic E-state index is 4.29. The first-order valence-corrected chi connectivity index (χ1v) is 9.31. The average Bonchev–Trinajstić information content (AvgIpc) is 2.89. The molecule has 0 heterocycles. The molecule has 0 heteroatoms.